The van der Waals surface area contributed by atoms with Gasteiger partial charge in [0.05, 0.1) is 34.2 Å². The van der Waals surface area contributed by atoms with E-state index >= 15 is 0 Å². The largest absolute Gasteiger partial charge is 0.252 e. The number of aliphatic imine (C=N–C) groups is 2. The van der Waals surface area contributed by atoms with Crippen molar-refractivity contribution in [2.75, 3.05) is 0 Å². The van der Waals surface area contributed by atoms with E-state index in [0.717, 1.165) is 40.6 Å². The van der Waals surface area contributed by atoms with E-state index in [9.17, 15) is 0 Å². The average molecular weight is 409 g/mol. The Bertz CT molecular complexity index is 974. The van der Waals surface area contributed by atoms with Crippen LogP contribution in [0.2, 0.25) is 0 Å². The predicted molar refractivity (Wildman–Crippen MR) is 115 cm³/mol. The predicted octanol–water partition coefficient (Wildman–Crippen LogP) is 6.09. The average Bonchev–Trinajstić information content (AvgIpc) is 2.70. The third-order valence-corrected chi connectivity index (χ3v) is 4.16. The van der Waals surface area contributed by atoms with Crippen LogP contribution in [0, 0.1) is 0 Å². The molecule has 2 aromatic carbocycles. The van der Waals surface area contributed by atoms with Gasteiger partial charge in [0.15, 0.2) is 0 Å². The third kappa shape index (κ3) is 5.85. The van der Waals surface area contributed by atoms with Gasteiger partial charge in [-0.05, 0) is 62.2 Å². The quantitative estimate of drug-likeness (QED) is 0.276. The molecular weight excluding hydrogens is 386 g/mol. The number of rotatable bonds is 6. The van der Waals surface area contributed by atoms with E-state index in [-0.39, 0.29) is 17.1 Å². The Morgan fingerprint density at radius 2 is 1.32 bits per heavy atom. The zero-order valence-corrected chi connectivity index (χ0v) is 17.2. The second kappa shape index (κ2) is 10.5. The zero-order valence-electron chi connectivity index (χ0n) is 16.1. The first kappa shape index (κ1) is 21.5. The number of pyridine rings is 1. The summed E-state index contributed by atoms with van der Waals surface area (Å²) in [6.45, 7) is 7.73. The van der Waals surface area contributed by atoms with Crippen LogP contribution in [0.1, 0.15) is 30.8 Å². The second-order valence-corrected chi connectivity index (χ2v) is 6.30. The summed E-state index contributed by atoms with van der Waals surface area (Å²) < 4.78 is 0. The molecule has 28 heavy (non-hydrogen) atoms. The van der Waals surface area contributed by atoms with Crippen molar-refractivity contribution in [2.45, 2.75) is 20.3 Å². The van der Waals surface area contributed by atoms with E-state index < -0.39 is 0 Å². The molecule has 3 aromatic rings. The molecule has 4 heteroatoms. The first-order valence-corrected chi connectivity index (χ1v) is 8.99. The number of benzene rings is 2. The maximum absolute atomic E-state index is 4.74. The molecule has 0 unspecified atom stereocenters. The Kier molecular flexibility index (Phi) is 8.06. The van der Waals surface area contributed by atoms with Gasteiger partial charge < -0.3 is 0 Å². The Morgan fingerprint density at radius 3 is 1.86 bits per heavy atom. The number of hydrogen-bond acceptors (Lipinski definition) is 3. The number of para-hydroxylation sites is 1. The van der Waals surface area contributed by atoms with Crippen molar-refractivity contribution in [1.29, 1.82) is 0 Å². The molecule has 1 aromatic heterocycles. The van der Waals surface area contributed by atoms with Gasteiger partial charge in [-0.25, -0.2) is 4.98 Å². The van der Waals surface area contributed by atoms with Gasteiger partial charge in [-0.1, -0.05) is 42.5 Å². The molecule has 0 saturated heterocycles. The summed E-state index contributed by atoms with van der Waals surface area (Å²) >= 11 is 0. The van der Waals surface area contributed by atoms with E-state index in [0.29, 0.717) is 0 Å². The van der Waals surface area contributed by atoms with Crippen LogP contribution < -0.4 is 0 Å². The number of aromatic nitrogens is 1. The van der Waals surface area contributed by atoms with E-state index in [1.165, 1.54) is 5.56 Å². The molecule has 142 valence electrons. The Balaban J connectivity index is 0.00000280. The van der Waals surface area contributed by atoms with Crippen molar-refractivity contribution in [3.05, 3.63) is 102 Å². The normalized spacial score (nSPS) is 11.6. The summed E-state index contributed by atoms with van der Waals surface area (Å²) in [5.41, 5.74) is 6.53. The van der Waals surface area contributed by atoms with E-state index in [1.54, 1.807) is 0 Å². The minimum absolute atomic E-state index is 0. The zero-order chi connectivity index (χ0) is 19.1. The van der Waals surface area contributed by atoms with Crippen LogP contribution in [0.4, 0.5) is 11.4 Å². The molecule has 0 amide bonds. The van der Waals surface area contributed by atoms with E-state index in [4.69, 9.17) is 9.98 Å². The van der Waals surface area contributed by atoms with Crippen LogP contribution in [0.15, 0.2) is 95.4 Å². The van der Waals surface area contributed by atoms with Crippen LogP contribution >= 0.6 is 0 Å². The van der Waals surface area contributed by atoms with Gasteiger partial charge in [0, 0.05) is 17.1 Å². The standard InChI is InChI=1S/C24H23N3.Fe/c1-4-9-20-14-16-22(17-15-20)26-19(3)24-13-8-12-23(27-24)18(2)25-21-10-6-5-7-11-21;/h4-8,10-17H,1,9H2,2-3H3;. The fourth-order valence-electron chi connectivity index (χ4n) is 2.72. The maximum atomic E-state index is 4.74. The summed E-state index contributed by atoms with van der Waals surface area (Å²) in [6.07, 6.45) is 2.77. The second-order valence-electron chi connectivity index (χ2n) is 6.30. The molecule has 0 atom stereocenters. The Labute approximate surface area is 177 Å². The molecule has 0 saturated carbocycles. The summed E-state index contributed by atoms with van der Waals surface area (Å²) in [5.74, 6) is 0. The molecule has 0 N–H and O–H groups in total. The Hall–Kier alpha value is -2.81. The molecule has 0 aliphatic heterocycles. The fraction of sp³-hybridized carbons (Fsp3) is 0.125. The van der Waals surface area contributed by atoms with Gasteiger partial charge in [-0.2, -0.15) is 0 Å². The van der Waals surface area contributed by atoms with Gasteiger partial charge in [-0.3, -0.25) is 9.98 Å². The SMILES string of the molecule is C=CCc1ccc(N=C(C)c2cccc(C(C)=Nc3ccccc3)n2)cc1.[Fe]. The fourth-order valence-corrected chi connectivity index (χ4v) is 2.72. The minimum atomic E-state index is 0. The summed E-state index contributed by atoms with van der Waals surface area (Å²) in [6, 6.07) is 24.1. The van der Waals surface area contributed by atoms with Crippen LogP contribution in [0.3, 0.4) is 0 Å². The first-order valence-electron chi connectivity index (χ1n) is 8.99. The smallest absolute Gasteiger partial charge is 0.0849 e. The number of hydrogen-bond donors (Lipinski definition) is 0. The van der Waals surface area contributed by atoms with Crippen LogP contribution in [-0.2, 0) is 23.5 Å². The molecule has 0 fully saturated rings. The van der Waals surface area contributed by atoms with Crippen molar-refractivity contribution < 1.29 is 17.1 Å². The van der Waals surface area contributed by atoms with Crippen LogP contribution in [-0.4, -0.2) is 16.4 Å². The van der Waals surface area contributed by atoms with E-state index in [1.807, 2.05) is 80.6 Å². The van der Waals surface area contributed by atoms with Crippen molar-refractivity contribution in [1.82, 2.24) is 4.98 Å². The molecule has 0 aliphatic rings. The van der Waals surface area contributed by atoms with Gasteiger partial charge in [0.2, 0.25) is 0 Å². The number of allylic oxidation sites excluding steroid dienone is 1. The van der Waals surface area contributed by atoms with Gasteiger partial charge in [-0.15, -0.1) is 6.58 Å². The summed E-state index contributed by atoms with van der Waals surface area (Å²) in [4.78, 5) is 14.1. The molecule has 3 rings (SSSR count). The molecule has 1 heterocycles. The molecule has 0 aliphatic carbocycles. The van der Waals surface area contributed by atoms with Crippen molar-refractivity contribution in [2.24, 2.45) is 9.98 Å². The monoisotopic (exact) mass is 409 g/mol. The summed E-state index contributed by atoms with van der Waals surface area (Å²) in [7, 11) is 0. The summed E-state index contributed by atoms with van der Waals surface area (Å²) in [5, 5.41) is 0. The van der Waals surface area contributed by atoms with Crippen molar-refractivity contribution in [3.8, 4) is 0 Å². The van der Waals surface area contributed by atoms with Gasteiger partial charge >= 0.3 is 0 Å². The van der Waals surface area contributed by atoms with Crippen LogP contribution in [0.5, 0.6) is 0 Å². The van der Waals surface area contributed by atoms with E-state index in [2.05, 4.69) is 23.7 Å². The molecule has 3 nitrogen and oxygen atoms in total. The molecule has 0 bridgehead atoms. The van der Waals surface area contributed by atoms with Gasteiger partial charge in [0.25, 0.3) is 0 Å². The Morgan fingerprint density at radius 1 is 0.786 bits per heavy atom. The maximum Gasteiger partial charge on any atom is 0.0849 e. The molecule has 0 spiro atoms. The topological polar surface area (TPSA) is 37.6 Å². The van der Waals surface area contributed by atoms with Crippen molar-refractivity contribution in [3.63, 3.8) is 0 Å². The minimum Gasteiger partial charge on any atom is -0.252 e. The molecule has 0 radical (unpaired) electrons. The third-order valence-electron chi connectivity index (χ3n) is 4.16. The first-order chi connectivity index (χ1) is 13.2. The van der Waals surface area contributed by atoms with Crippen LogP contribution in [0.25, 0.3) is 0 Å². The molecular formula is C24H23FeN3. The number of nitrogens with zero attached hydrogens (tertiary/aromatic N) is 3. The van der Waals surface area contributed by atoms with Gasteiger partial charge in [0.1, 0.15) is 0 Å². The van der Waals surface area contributed by atoms with Crippen molar-refractivity contribution >= 4 is 22.8 Å².